The van der Waals surface area contributed by atoms with Crippen molar-refractivity contribution in [2.75, 3.05) is 12.3 Å². The van der Waals surface area contributed by atoms with Gasteiger partial charge in [0.2, 0.25) is 11.8 Å². The van der Waals surface area contributed by atoms with Crippen LogP contribution in [0.25, 0.3) is 0 Å². The number of nitrogens with zero attached hydrogens (tertiary/aromatic N) is 1. The minimum atomic E-state index is -0.674. The van der Waals surface area contributed by atoms with E-state index in [0.717, 1.165) is 47.1 Å². The number of nitrogens with one attached hydrogen (secondary N) is 2. The Labute approximate surface area is 211 Å². The van der Waals surface area contributed by atoms with Crippen LogP contribution in [0.2, 0.25) is 0 Å². The summed E-state index contributed by atoms with van der Waals surface area (Å²) in [4.78, 5) is 38.9. The lowest BCUT2D eigenvalue weighted by atomic mass is 9.54. The van der Waals surface area contributed by atoms with Gasteiger partial charge in [-0.2, -0.15) is 0 Å². The van der Waals surface area contributed by atoms with Gasteiger partial charge in [0.25, 0.3) is 5.91 Å². The molecule has 4 aliphatic rings. The zero-order chi connectivity index (χ0) is 24.4. The second-order valence-corrected chi connectivity index (χ2v) is 12.0. The van der Waals surface area contributed by atoms with Gasteiger partial charge in [0.05, 0.1) is 0 Å². The van der Waals surface area contributed by atoms with Crippen LogP contribution in [0.15, 0.2) is 17.0 Å². The molecule has 2 heterocycles. The van der Waals surface area contributed by atoms with Gasteiger partial charge in [-0.05, 0) is 80.4 Å². The number of hydrogen-bond donors (Lipinski definition) is 2. The van der Waals surface area contributed by atoms with E-state index in [2.05, 4.69) is 10.6 Å². The Bertz CT molecular complexity index is 988. The van der Waals surface area contributed by atoms with Crippen molar-refractivity contribution in [3.63, 3.8) is 0 Å². The maximum atomic E-state index is 14.3. The van der Waals surface area contributed by atoms with Gasteiger partial charge in [-0.15, -0.1) is 11.8 Å². The van der Waals surface area contributed by atoms with Gasteiger partial charge in [-0.25, -0.2) is 4.39 Å². The van der Waals surface area contributed by atoms with E-state index in [-0.39, 0.29) is 24.8 Å². The number of piperidine rings is 1. The molecule has 2 N–H and O–H groups in total. The molecule has 1 saturated heterocycles. The molecule has 1 unspecified atom stereocenters. The molecule has 8 heteroatoms. The molecule has 35 heavy (non-hydrogen) atoms. The first-order valence-electron chi connectivity index (χ1n) is 13.3. The summed E-state index contributed by atoms with van der Waals surface area (Å²) in [6.07, 6.45) is 13.5. The monoisotopic (exact) mass is 501 g/mol. The second kappa shape index (κ2) is 10.6. The minimum absolute atomic E-state index is 0.212. The Morgan fingerprint density at radius 1 is 1.09 bits per heavy atom. The molecule has 2 saturated carbocycles. The fourth-order valence-electron chi connectivity index (χ4n) is 6.18. The highest BCUT2D eigenvalue weighted by atomic mass is 32.2. The number of benzene rings is 1. The predicted molar refractivity (Wildman–Crippen MR) is 134 cm³/mol. The largest absolute Gasteiger partial charge is 0.322 e. The number of hydrogen-bond acceptors (Lipinski definition) is 5. The van der Waals surface area contributed by atoms with Crippen molar-refractivity contribution in [1.82, 2.24) is 15.5 Å². The molecular formula is C27H36FN3O3S. The number of thioether (sulfide) groups is 1. The lowest BCUT2D eigenvalue weighted by Gasteiger charge is -2.54. The van der Waals surface area contributed by atoms with Crippen molar-refractivity contribution in [3.8, 4) is 0 Å². The van der Waals surface area contributed by atoms with Crippen LogP contribution in [0.5, 0.6) is 0 Å². The standard InChI is InChI=1S/C27H36FN3O3S/c28-18-13-20-21(17-31(26(20)34)22-7-8-24(32)30-25(22)33)23(14-18)35-12-5-3-1-2-4-11-29-19-15-27(16-19)9-6-10-27/h13-14,19,22,29H,1-12,15-17H2,(H,30,32,33). The third-order valence-corrected chi connectivity index (χ3v) is 9.53. The fraction of sp³-hybridized carbons (Fsp3) is 0.667. The predicted octanol–water partition coefficient (Wildman–Crippen LogP) is 4.55. The maximum Gasteiger partial charge on any atom is 0.255 e. The van der Waals surface area contributed by atoms with Gasteiger partial charge in [-0.1, -0.05) is 25.7 Å². The molecule has 1 aromatic rings. The number of unbranched alkanes of at least 4 members (excludes halogenated alkanes) is 4. The van der Waals surface area contributed by atoms with Crippen molar-refractivity contribution >= 4 is 29.5 Å². The van der Waals surface area contributed by atoms with Crippen LogP contribution in [0.4, 0.5) is 4.39 Å². The summed E-state index contributed by atoms with van der Waals surface area (Å²) < 4.78 is 14.3. The molecule has 1 aromatic carbocycles. The number of rotatable bonds is 11. The van der Waals surface area contributed by atoms with Gasteiger partial charge >= 0.3 is 0 Å². The highest BCUT2D eigenvalue weighted by Crippen LogP contribution is 2.55. The number of fused-ring (bicyclic) bond motifs is 1. The van der Waals surface area contributed by atoms with Gasteiger partial charge < -0.3 is 10.2 Å². The smallest absolute Gasteiger partial charge is 0.255 e. The van der Waals surface area contributed by atoms with Gasteiger partial charge in [0.1, 0.15) is 11.9 Å². The molecule has 0 radical (unpaired) electrons. The van der Waals surface area contributed by atoms with Crippen LogP contribution in [-0.2, 0) is 16.1 Å². The highest BCUT2D eigenvalue weighted by molar-refractivity contribution is 7.99. The van der Waals surface area contributed by atoms with E-state index in [9.17, 15) is 18.8 Å². The second-order valence-electron chi connectivity index (χ2n) is 10.9. The lowest BCUT2D eigenvalue weighted by molar-refractivity contribution is -0.136. The van der Waals surface area contributed by atoms with E-state index >= 15 is 0 Å². The third-order valence-electron chi connectivity index (χ3n) is 8.36. The maximum absolute atomic E-state index is 14.3. The molecule has 6 nitrogen and oxygen atoms in total. The molecule has 0 aromatic heterocycles. The molecule has 0 bridgehead atoms. The minimum Gasteiger partial charge on any atom is -0.322 e. The summed E-state index contributed by atoms with van der Waals surface area (Å²) in [5.74, 6) is -0.622. The molecule has 5 rings (SSSR count). The molecule has 2 aliphatic heterocycles. The fourth-order valence-corrected chi connectivity index (χ4v) is 7.30. The van der Waals surface area contributed by atoms with Crippen molar-refractivity contribution < 1.29 is 18.8 Å². The zero-order valence-corrected chi connectivity index (χ0v) is 21.2. The van der Waals surface area contributed by atoms with E-state index in [1.54, 1.807) is 11.8 Å². The Morgan fingerprint density at radius 2 is 1.86 bits per heavy atom. The summed E-state index contributed by atoms with van der Waals surface area (Å²) >= 11 is 1.60. The van der Waals surface area contributed by atoms with Crippen molar-refractivity contribution in [3.05, 3.63) is 29.1 Å². The molecule has 190 valence electrons. The third kappa shape index (κ3) is 5.43. The van der Waals surface area contributed by atoms with Gasteiger partial charge in [-0.3, -0.25) is 19.7 Å². The van der Waals surface area contributed by atoms with Crippen LogP contribution >= 0.6 is 11.8 Å². The average Bonchev–Trinajstić information content (AvgIpc) is 3.08. The van der Waals surface area contributed by atoms with E-state index < -0.39 is 17.8 Å². The molecule has 3 fully saturated rings. The van der Waals surface area contributed by atoms with Crippen LogP contribution in [0, 0.1) is 11.2 Å². The summed E-state index contributed by atoms with van der Waals surface area (Å²) in [7, 11) is 0. The highest BCUT2D eigenvalue weighted by Gasteiger charge is 2.47. The molecule has 1 atom stereocenters. The lowest BCUT2D eigenvalue weighted by Crippen LogP contribution is -2.52. The summed E-state index contributed by atoms with van der Waals surface area (Å²) in [6.45, 7) is 1.42. The topological polar surface area (TPSA) is 78.5 Å². The van der Waals surface area contributed by atoms with Crippen LogP contribution in [-0.4, -0.2) is 47.0 Å². The number of amides is 3. The summed E-state index contributed by atoms with van der Waals surface area (Å²) in [5, 5.41) is 6.03. The Morgan fingerprint density at radius 3 is 2.60 bits per heavy atom. The van der Waals surface area contributed by atoms with E-state index in [1.165, 1.54) is 68.4 Å². The van der Waals surface area contributed by atoms with Crippen molar-refractivity contribution in [1.29, 1.82) is 0 Å². The van der Waals surface area contributed by atoms with Crippen LogP contribution in [0.3, 0.4) is 0 Å². The van der Waals surface area contributed by atoms with E-state index in [4.69, 9.17) is 0 Å². The zero-order valence-electron chi connectivity index (χ0n) is 20.4. The average molecular weight is 502 g/mol. The number of halogens is 1. The molecule has 3 amide bonds. The summed E-state index contributed by atoms with van der Waals surface area (Å²) in [5.41, 5.74) is 1.89. The first-order chi connectivity index (χ1) is 16.9. The Balaban J connectivity index is 1.02. The summed E-state index contributed by atoms with van der Waals surface area (Å²) in [6, 6.07) is 2.87. The first kappa shape index (κ1) is 24.8. The number of imide groups is 1. The number of carbonyl (C=O) groups excluding carboxylic acids is 3. The van der Waals surface area contributed by atoms with Gasteiger partial charge in [0.15, 0.2) is 0 Å². The molecule has 1 spiro atoms. The Hall–Kier alpha value is -1.93. The number of carbonyl (C=O) groups is 3. The first-order valence-corrected chi connectivity index (χ1v) is 14.3. The SMILES string of the molecule is O=C1CCC(N2Cc3c(SCCCCCCCNC4CC5(CCC5)C4)cc(F)cc3C2=O)C(=O)N1. The van der Waals surface area contributed by atoms with E-state index in [1.807, 2.05) is 0 Å². The Kier molecular flexibility index (Phi) is 7.49. The quantitative estimate of drug-likeness (QED) is 0.264. The van der Waals surface area contributed by atoms with Crippen molar-refractivity contribution in [2.24, 2.45) is 5.41 Å². The van der Waals surface area contributed by atoms with Crippen LogP contribution < -0.4 is 10.6 Å². The van der Waals surface area contributed by atoms with Gasteiger partial charge in [0, 0.05) is 29.5 Å². The molecule has 2 aliphatic carbocycles. The van der Waals surface area contributed by atoms with Crippen molar-refractivity contribution in [2.45, 2.75) is 101 Å². The van der Waals surface area contributed by atoms with E-state index in [0.29, 0.717) is 12.0 Å². The normalized spacial score (nSPS) is 23.3. The van der Waals surface area contributed by atoms with Crippen LogP contribution in [0.1, 0.15) is 93.0 Å². The molecular weight excluding hydrogens is 465 g/mol.